The highest BCUT2D eigenvalue weighted by molar-refractivity contribution is 6.04. The molecule has 0 aliphatic heterocycles. The van der Waals surface area contributed by atoms with Gasteiger partial charge in [-0.25, -0.2) is 9.78 Å². The van der Waals surface area contributed by atoms with E-state index in [1.54, 1.807) is 19.1 Å². The van der Waals surface area contributed by atoms with Crippen molar-refractivity contribution in [1.29, 1.82) is 0 Å². The van der Waals surface area contributed by atoms with Crippen molar-refractivity contribution >= 4 is 17.6 Å². The largest absolute Gasteiger partial charge is 0.478 e. The molecule has 204 valence electrons. The number of aryl methyl sites for hydroxylation is 5. The highest BCUT2D eigenvalue weighted by Crippen LogP contribution is 2.61. The Balaban J connectivity index is 1.32. The summed E-state index contributed by atoms with van der Waals surface area (Å²) in [6.07, 6.45) is 10.0. The first-order valence-corrected chi connectivity index (χ1v) is 14.3. The van der Waals surface area contributed by atoms with Crippen LogP contribution in [0, 0.1) is 50.9 Å². The van der Waals surface area contributed by atoms with Crippen LogP contribution in [-0.2, 0) is 6.42 Å². The van der Waals surface area contributed by atoms with Crippen LogP contribution in [0.2, 0.25) is 0 Å². The molecule has 39 heavy (non-hydrogen) atoms. The van der Waals surface area contributed by atoms with E-state index < -0.39 is 5.97 Å². The number of aromatic amines is 1. The number of hydrogen-bond donors (Lipinski definition) is 3. The van der Waals surface area contributed by atoms with Gasteiger partial charge in [-0.3, -0.25) is 9.78 Å². The van der Waals surface area contributed by atoms with Crippen molar-refractivity contribution in [3.8, 4) is 11.4 Å². The van der Waals surface area contributed by atoms with Crippen LogP contribution in [0.1, 0.15) is 94.0 Å². The van der Waals surface area contributed by atoms with Gasteiger partial charge in [0.1, 0.15) is 11.5 Å². The molecule has 4 saturated carbocycles. The van der Waals surface area contributed by atoms with Crippen LogP contribution >= 0.6 is 0 Å². The van der Waals surface area contributed by atoms with Crippen molar-refractivity contribution in [2.24, 2.45) is 23.2 Å². The topological polar surface area (TPSA) is 108 Å². The van der Waals surface area contributed by atoms with E-state index in [1.807, 2.05) is 26.8 Å². The number of rotatable bonds is 7. The van der Waals surface area contributed by atoms with Crippen LogP contribution in [0.15, 0.2) is 24.3 Å². The van der Waals surface area contributed by atoms with Gasteiger partial charge in [0.2, 0.25) is 0 Å². The average Bonchev–Trinajstić information content (AvgIpc) is 3.26. The van der Waals surface area contributed by atoms with E-state index in [2.05, 4.69) is 15.3 Å². The molecule has 4 aliphatic carbocycles. The third-order valence-corrected chi connectivity index (χ3v) is 9.55. The summed E-state index contributed by atoms with van der Waals surface area (Å²) in [5.74, 6) is 1.97. The number of aromatic nitrogens is 3. The summed E-state index contributed by atoms with van der Waals surface area (Å²) in [6, 6.07) is 7.00. The molecule has 0 radical (unpaired) electrons. The van der Waals surface area contributed by atoms with Crippen LogP contribution in [0.3, 0.4) is 0 Å². The summed E-state index contributed by atoms with van der Waals surface area (Å²) in [4.78, 5) is 38.3. The maximum absolute atomic E-state index is 13.6. The number of carboxylic acid groups (broad SMARTS) is 1. The van der Waals surface area contributed by atoms with E-state index in [-0.39, 0.29) is 11.5 Å². The normalized spacial score (nSPS) is 25.2. The number of aromatic carboxylic acids is 1. The maximum atomic E-state index is 13.6. The molecular weight excluding hydrogens is 488 g/mol. The molecule has 7 rings (SSSR count). The standard InChI is InChI=1S/C32H38N4O3/c1-17-5-6-24(13-25(17)31(38)39)34-30(37)28-26(35-29(36-28)27-18(2)9-19(3)33-20(27)4)7-8-32-14-21-10-22(15-32)12-23(11-21)16-32/h5-6,9,13,21-23H,7-8,10-12,14-16H2,1-4H3,(H,34,37)(H,35,36)(H,38,39). The second kappa shape index (κ2) is 9.61. The van der Waals surface area contributed by atoms with Crippen molar-refractivity contribution < 1.29 is 14.7 Å². The van der Waals surface area contributed by atoms with E-state index in [4.69, 9.17) is 4.98 Å². The van der Waals surface area contributed by atoms with Gasteiger partial charge in [0, 0.05) is 28.3 Å². The van der Waals surface area contributed by atoms with Gasteiger partial charge >= 0.3 is 5.97 Å². The Bertz CT molecular complexity index is 1410. The predicted octanol–water partition coefficient (Wildman–Crippen LogP) is 6.80. The fourth-order valence-corrected chi connectivity index (χ4v) is 8.38. The molecule has 7 heteroatoms. The molecule has 7 nitrogen and oxygen atoms in total. The van der Waals surface area contributed by atoms with Gasteiger partial charge in [-0.2, -0.15) is 0 Å². The highest BCUT2D eigenvalue weighted by atomic mass is 16.4. The van der Waals surface area contributed by atoms with Crippen LogP contribution in [0.5, 0.6) is 0 Å². The molecule has 0 unspecified atom stereocenters. The molecule has 4 aliphatic rings. The molecule has 0 spiro atoms. The predicted molar refractivity (Wildman–Crippen MR) is 151 cm³/mol. The summed E-state index contributed by atoms with van der Waals surface area (Å²) in [5.41, 5.74) is 6.72. The van der Waals surface area contributed by atoms with E-state index >= 15 is 0 Å². The molecule has 1 amide bonds. The molecule has 3 N–H and O–H groups in total. The van der Waals surface area contributed by atoms with Crippen molar-refractivity contribution in [2.75, 3.05) is 5.32 Å². The van der Waals surface area contributed by atoms with Gasteiger partial charge in [0.25, 0.3) is 5.91 Å². The SMILES string of the molecule is Cc1cc(C)c(-c2nc(C(=O)Nc3ccc(C)c(C(=O)O)c3)c(CCC34CC5CC(CC(C5)C3)C4)[nH]2)c(C)n1. The summed E-state index contributed by atoms with van der Waals surface area (Å²) in [6.45, 7) is 7.76. The Kier molecular flexibility index (Phi) is 6.35. The lowest BCUT2D eigenvalue weighted by molar-refractivity contribution is -0.0570. The third kappa shape index (κ3) is 4.88. The van der Waals surface area contributed by atoms with Crippen molar-refractivity contribution in [1.82, 2.24) is 15.0 Å². The van der Waals surface area contributed by atoms with Gasteiger partial charge in [-0.05, 0) is 132 Å². The van der Waals surface area contributed by atoms with E-state index in [9.17, 15) is 14.7 Å². The Morgan fingerprint density at radius 2 is 1.64 bits per heavy atom. The monoisotopic (exact) mass is 526 g/mol. The van der Waals surface area contributed by atoms with E-state index in [0.29, 0.717) is 28.2 Å². The van der Waals surface area contributed by atoms with Crippen LogP contribution in [0.25, 0.3) is 11.4 Å². The first-order chi connectivity index (χ1) is 18.6. The number of hydrogen-bond acceptors (Lipinski definition) is 4. The first-order valence-electron chi connectivity index (χ1n) is 14.3. The highest BCUT2D eigenvalue weighted by Gasteiger charge is 2.50. The van der Waals surface area contributed by atoms with Crippen molar-refractivity contribution in [3.05, 3.63) is 63.7 Å². The summed E-state index contributed by atoms with van der Waals surface area (Å²) < 4.78 is 0. The zero-order chi connectivity index (χ0) is 27.5. The second-order valence-electron chi connectivity index (χ2n) is 12.7. The fourth-order valence-electron chi connectivity index (χ4n) is 8.38. The molecule has 3 aromatic rings. The first kappa shape index (κ1) is 25.8. The lowest BCUT2D eigenvalue weighted by Gasteiger charge is -2.57. The van der Waals surface area contributed by atoms with Gasteiger partial charge < -0.3 is 15.4 Å². The third-order valence-electron chi connectivity index (χ3n) is 9.55. The second-order valence-corrected chi connectivity index (χ2v) is 12.7. The lowest BCUT2D eigenvalue weighted by Crippen LogP contribution is -2.46. The van der Waals surface area contributed by atoms with Gasteiger partial charge in [0.15, 0.2) is 0 Å². The van der Waals surface area contributed by atoms with Crippen LogP contribution in [0.4, 0.5) is 5.69 Å². The number of H-pyrrole nitrogens is 1. The molecule has 4 fully saturated rings. The Morgan fingerprint density at radius 3 is 2.26 bits per heavy atom. The van der Waals surface area contributed by atoms with Gasteiger partial charge in [0.05, 0.1) is 5.56 Å². The number of anilines is 1. The quantitative estimate of drug-likeness (QED) is 0.314. The maximum Gasteiger partial charge on any atom is 0.336 e. The van der Waals surface area contributed by atoms with E-state index in [1.165, 1.54) is 44.6 Å². The number of amides is 1. The molecule has 0 atom stereocenters. The number of carboxylic acids is 1. The number of nitrogens with zero attached hydrogens (tertiary/aromatic N) is 2. The lowest BCUT2D eigenvalue weighted by atomic mass is 9.48. The van der Waals surface area contributed by atoms with Gasteiger partial charge in [-0.15, -0.1) is 0 Å². The zero-order valence-corrected chi connectivity index (χ0v) is 23.4. The van der Waals surface area contributed by atoms with Crippen LogP contribution < -0.4 is 5.32 Å². The van der Waals surface area contributed by atoms with E-state index in [0.717, 1.165) is 58.8 Å². The van der Waals surface area contributed by atoms with Crippen LogP contribution in [-0.4, -0.2) is 31.9 Å². The fraction of sp³-hybridized carbons (Fsp3) is 0.500. The average molecular weight is 527 g/mol. The Morgan fingerprint density at radius 1 is 0.974 bits per heavy atom. The molecule has 2 aromatic heterocycles. The minimum atomic E-state index is -1.01. The number of benzene rings is 1. The number of pyridine rings is 1. The minimum Gasteiger partial charge on any atom is -0.478 e. The summed E-state index contributed by atoms with van der Waals surface area (Å²) in [5, 5.41) is 12.5. The van der Waals surface area contributed by atoms with Gasteiger partial charge in [-0.1, -0.05) is 6.07 Å². The van der Waals surface area contributed by atoms with Crippen molar-refractivity contribution in [3.63, 3.8) is 0 Å². The Labute approximate surface area is 229 Å². The molecule has 4 bridgehead atoms. The summed E-state index contributed by atoms with van der Waals surface area (Å²) in [7, 11) is 0. The minimum absolute atomic E-state index is 0.175. The number of carbonyl (C=O) groups excluding carboxylic acids is 1. The number of imidazole rings is 1. The Hall–Kier alpha value is -3.48. The number of carbonyl (C=O) groups is 2. The molecule has 1 aromatic carbocycles. The smallest absolute Gasteiger partial charge is 0.336 e. The molecule has 0 saturated heterocycles. The zero-order valence-electron chi connectivity index (χ0n) is 23.4. The number of nitrogens with one attached hydrogen (secondary N) is 2. The molecule has 2 heterocycles. The van der Waals surface area contributed by atoms with Crippen molar-refractivity contribution in [2.45, 2.75) is 79.1 Å². The molecular formula is C32H38N4O3. The summed E-state index contributed by atoms with van der Waals surface area (Å²) >= 11 is 0.